The fourth-order valence-electron chi connectivity index (χ4n) is 3.27. The highest BCUT2D eigenvalue weighted by atomic mass is 127. The van der Waals surface area contributed by atoms with Gasteiger partial charge in [-0.2, -0.15) is 0 Å². The van der Waals surface area contributed by atoms with Gasteiger partial charge in [0.2, 0.25) is 5.91 Å². The van der Waals surface area contributed by atoms with Crippen molar-refractivity contribution in [2.24, 2.45) is 4.99 Å². The second-order valence-corrected chi connectivity index (χ2v) is 6.72. The molecule has 0 fully saturated rings. The van der Waals surface area contributed by atoms with Gasteiger partial charge < -0.3 is 20.9 Å². The SMILES string of the molecule is CN=C(NCc1cccnc1N(C)C)NCC1CC(=O)Nc2ccccc21.I. The fraction of sp³-hybridized carbons (Fsp3) is 0.350. The molecule has 2 heterocycles. The number of halogens is 1. The lowest BCUT2D eigenvalue weighted by Gasteiger charge is -2.26. The number of rotatable bonds is 5. The molecule has 2 aromatic rings. The number of nitrogens with one attached hydrogen (secondary N) is 3. The minimum absolute atomic E-state index is 0. The third kappa shape index (κ3) is 5.34. The third-order valence-corrected chi connectivity index (χ3v) is 4.58. The van der Waals surface area contributed by atoms with E-state index in [1.807, 2.05) is 49.3 Å². The molecule has 7 nitrogen and oxygen atoms in total. The van der Waals surface area contributed by atoms with Crippen LogP contribution in [-0.2, 0) is 11.3 Å². The second kappa shape index (κ2) is 10.3. The van der Waals surface area contributed by atoms with E-state index in [4.69, 9.17) is 0 Å². The smallest absolute Gasteiger partial charge is 0.225 e. The lowest BCUT2D eigenvalue weighted by molar-refractivity contribution is -0.116. The van der Waals surface area contributed by atoms with Crippen LogP contribution in [0.3, 0.4) is 0 Å². The zero-order valence-electron chi connectivity index (χ0n) is 16.4. The average molecular weight is 494 g/mol. The number of carbonyl (C=O) groups is 1. The van der Waals surface area contributed by atoms with Crippen molar-refractivity contribution in [3.8, 4) is 0 Å². The number of carbonyl (C=O) groups excluding carboxylic acids is 1. The number of anilines is 2. The number of guanidine groups is 1. The molecule has 1 aliphatic rings. The van der Waals surface area contributed by atoms with Gasteiger partial charge in [-0.15, -0.1) is 24.0 Å². The minimum Gasteiger partial charge on any atom is -0.362 e. The topological polar surface area (TPSA) is 81.7 Å². The number of aromatic nitrogens is 1. The van der Waals surface area contributed by atoms with Crippen molar-refractivity contribution in [2.45, 2.75) is 18.9 Å². The van der Waals surface area contributed by atoms with Crippen LogP contribution in [-0.4, -0.2) is 44.5 Å². The van der Waals surface area contributed by atoms with Crippen LogP contribution in [0, 0.1) is 0 Å². The molecule has 1 aromatic carbocycles. The molecule has 3 N–H and O–H groups in total. The Morgan fingerprint density at radius 3 is 2.79 bits per heavy atom. The Hall–Kier alpha value is -2.36. The van der Waals surface area contributed by atoms with E-state index < -0.39 is 0 Å². The van der Waals surface area contributed by atoms with E-state index >= 15 is 0 Å². The molecule has 0 radical (unpaired) electrons. The number of hydrogen-bond acceptors (Lipinski definition) is 4. The van der Waals surface area contributed by atoms with Gasteiger partial charge in [-0.3, -0.25) is 9.79 Å². The molecule has 0 bridgehead atoms. The van der Waals surface area contributed by atoms with Crippen molar-refractivity contribution in [2.75, 3.05) is 37.9 Å². The first-order chi connectivity index (χ1) is 13.1. The summed E-state index contributed by atoms with van der Waals surface area (Å²) >= 11 is 0. The van der Waals surface area contributed by atoms with Crippen molar-refractivity contribution in [3.05, 3.63) is 53.7 Å². The summed E-state index contributed by atoms with van der Waals surface area (Å²) in [7, 11) is 5.70. The van der Waals surface area contributed by atoms with Crippen molar-refractivity contribution in [1.29, 1.82) is 0 Å². The van der Waals surface area contributed by atoms with Gasteiger partial charge >= 0.3 is 0 Å². The van der Waals surface area contributed by atoms with Crippen LogP contribution >= 0.6 is 24.0 Å². The normalized spacial score (nSPS) is 15.8. The Kier molecular flexibility index (Phi) is 8.04. The Balaban J connectivity index is 0.00000280. The summed E-state index contributed by atoms with van der Waals surface area (Å²) in [6.45, 7) is 1.25. The molecular weight excluding hydrogens is 467 g/mol. The third-order valence-electron chi connectivity index (χ3n) is 4.58. The Morgan fingerprint density at radius 2 is 2.04 bits per heavy atom. The van der Waals surface area contributed by atoms with Gasteiger partial charge in [0.25, 0.3) is 0 Å². The van der Waals surface area contributed by atoms with E-state index in [0.717, 1.165) is 22.6 Å². The summed E-state index contributed by atoms with van der Waals surface area (Å²) in [6, 6.07) is 11.9. The first kappa shape index (κ1) is 21.9. The maximum absolute atomic E-state index is 12.0. The Morgan fingerprint density at radius 1 is 1.25 bits per heavy atom. The van der Waals surface area contributed by atoms with E-state index in [9.17, 15) is 4.79 Å². The van der Waals surface area contributed by atoms with Crippen LogP contribution in [0.1, 0.15) is 23.5 Å². The lowest BCUT2D eigenvalue weighted by Crippen LogP contribution is -2.40. The van der Waals surface area contributed by atoms with Crippen LogP contribution in [0.5, 0.6) is 0 Å². The molecule has 1 unspecified atom stereocenters. The number of amides is 1. The first-order valence-electron chi connectivity index (χ1n) is 9.03. The summed E-state index contributed by atoms with van der Waals surface area (Å²) in [6.07, 6.45) is 2.26. The summed E-state index contributed by atoms with van der Waals surface area (Å²) in [5.41, 5.74) is 3.14. The molecule has 0 saturated heterocycles. The molecular formula is C20H27IN6O. The van der Waals surface area contributed by atoms with Crippen LogP contribution in [0.2, 0.25) is 0 Å². The summed E-state index contributed by atoms with van der Waals surface area (Å²) in [5, 5.41) is 9.60. The summed E-state index contributed by atoms with van der Waals surface area (Å²) < 4.78 is 0. The maximum Gasteiger partial charge on any atom is 0.225 e. The Bertz CT molecular complexity index is 839. The summed E-state index contributed by atoms with van der Waals surface area (Å²) in [4.78, 5) is 22.7. The molecule has 0 spiro atoms. The number of nitrogens with zero attached hydrogens (tertiary/aromatic N) is 3. The van der Waals surface area contributed by atoms with Crippen molar-refractivity contribution in [1.82, 2.24) is 15.6 Å². The highest BCUT2D eigenvalue weighted by Gasteiger charge is 2.24. The molecule has 0 saturated carbocycles. The molecule has 1 aromatic heterocycles. The number of pyridine rings is 1. The molecule has 1 amide bonds. The van der Waals surface area contributed by atoms with E-state index in [1.54, 1.807) is 13.2 Å². The zero-order chi connectivity index (χ0) is 19.2. The highest BCUT2D eigenvalue weighted by Crippen LogP contribution is 2.31. The Labute approximate surface area is 183 Å². The lowest BCUT2D eigenvalue weighted by atomic mass is 9.90. The minimum atomic E-state index is 0. The van der Waals surface area contributed by atoms with E-state index in [-0.39, 0.29) is 35.8 Å². The molecule has 3 rings (SSSR count). The van der Waals surface area contributed by atoms with Crippen LogP contribution in [0.15, 0.2) is 47.6 Å². The van der Waals surface area contributed by atoms with Crippen LogP contribution in [0.25, 0.3) is 0 Å². The molecule has 0 aliphatic carbocycles. The number of aliphatic imine (C=N–C) groups is 1. The van der Waals surface area contributed by atoms with Crippen molar-refractivity contribution < 1.29 is 4.79 Å². The first-order valence-corrected chi connectivity index (χ1v) is 9.03. The fourth-order valence-corrected chi connectivity index (χ4v) is 3.27. The quantitative estimate of drug-likeness (QED) is 0.338. The van der Waals surface area contributed by atoms with Gasteiger partial charge in [0.05, 0.1) is 0 Å². The summed E-state index contributed by atoms with van der Waals surface area (Å²) in [5.74, 6) is 1.80. The van der Waals surface area contributed by atoms with E-state index in [0.29, 0.717) is 25.5 Å². The molecule has 1 aliphatic heterocycles. The van der Waals surface area contributed by atoms with Gasteiger partial charge in [0.15, 0.2) is 5.96 Å². The number of benzene rings is 1. The zero-order valence-corrected chi connectivity index (χ0v) is 18.7. The van der Waals surface area contributed by atoms with Crippen LogP contribution < -0.4 is 20.9 Å². The maximum atomic E-state index is 12.0. The number of hydrogen-bond donors (Lipinski definition) is 3. The van der Waals surface area contributed by atoms with E-state index in [2.05, 4.69) is 32.0 Å². The molecule has 8 heteroatoms. The van der Waals surface area contributed by atoms with Gasteiger partial charge in [0.1, 0.15) is 5.82 Å². The molecule has 150 valence electrons. The van der Waals surface area contributed by atoms with Gasteiger partial charge in [-0.25, -0.2) is 4.98 Å². The monoisotopic (exact) mass is 494 g/mol. The van der Waals surface area contributed by atoms with Crippen molar-refractivity contribution >= 4 is 47.3 Å². The highest BCUT2D eigenvalue weighted by molar-refractivity contribution is 14.0. The van der Waals surface area contributed by atoms with Crippen molar-refractivity contribution in [3.63, 3.8) is 0 Å². The van der Waals surface area contributed by atoms with Gasteiger partial charge in [-0.1, -0.05) is 24.3 Å². The van der Waals surface area contributed by atoms with E-state index in [1.165, 1.54) is 0 Å². The standard InChI is InChI=1S/C20H26N6O.HI/c1-21-20(23-12-14-7-6-10-22-19(14)26(2)3)24-13-15-11-18(27)25-17-9-5-4-8-16(15)17;/h4-10,15H,11-13H2,1-3H3,(H,25,27)(H2,21,23,24);1H. The van der Waals surface area contributed by atoms with Gasteiger partial charge in [0, 0.05) is 64.0 Å². The second-order valence-electron chi connectivity index (χ2n) is 6.72. The number of fused-ring (bicyclic) bond motifs is 1. The molecule has 28 heavy (non-hydrogen) atoms. The largest absolute Gasteiger partial charge is 0.362 e. The number of para-hydroxylation sites is 1. The predicted octanol–water partition coefficient (Wildman–Crippen LogP) is 2.56. The predicted molar refractivity (Wildman–Crippen MR) is 125 cm³/mol. The van der Waals surface area contributed by atoms with Crippen LogP contribution in [0.4, 0.5) is 11.5 Å². The average Bonchev–Trinajstić information content (AvgIpc) is 2.68. The van der Waals surface area contributed by atoms with Gasteiger partial charge in [-0.05, 0) is 17.7 Å². The molecule has 1 atom stereocenters.